The highest BCUT2D eigenvalue weighted by Gasteiger charge is 2.03. The molecule has 1 heterocycles. The molecule has 0 aliphatic carbocycles. The van der Waals surface area contributed by atoms with Crippen molar-refractivity contribution in [2.75, 3.05) is 25.1 Å². The van der Waals surface area contributed by atoms with Gasteiger partial charge in [0.15, 0.2) is 0 Å². The van der Waals surface area contributed by atoms with E-state index in [9.17, 15) is 13.0 Å². The Kier molecular flexibility index (Phi) is 5.49. The summed E-state index contributed by atoms with van der Waals surface area (Å²) in [6.45, 7) is 0.0496. The largest absolute Gasteiger partial charge is 0.726 e. The van der Waals surface area contributed by atoms with Crippen molar-refractivity contribution >= 4 is 38.2 Å². The zero-order chi connectivity index (χ0) is 16.0. The quantitative estimate of drug-likeness (QED) is 0.428. The molecule has 0 fully saturated rings. The van der Waals surface area contributed by atoms with Crippen LogP contribution in [0, 0.1) is 0 Å². The highest BCUT2D eigenvalue weighted by atomic mass is 32.3. The molecule has 0 aliphatic heterocycles. The molecule has 118 valence electrons. The van der Waals surface area contributed by atoms with Gasteiger partial charge in [-0.05, 0) is 24.3 Å². The molecule has 2 aromatic rings. The Labute approximate surface area is 131 Å². The van der Waals surface area contributed by atoms with Crippen LogP contribution in [0.5, 0.6) is 0 Å². The molecular weight excluding hydrogens is 330 g/mol. The molecule has 0 bridgehead atoms. The minimum Gasteiger partial charge on any atom is -0.726 e. The van der Waals surface area contributed by atoms with Crippen molar-refractivity contribution in [2.45, 2.75) is 0 Å². The first-order chi connectivity index (χ1) is 10.4. The third-order valence-corrected chi connectivity index (χ3v) is 3.57. The number of hydrogen-bond acceptors (Lipinski definition) is 10. The van der Waals surface area contributed by atoms with Crippen LogP contribution < -0.4 is 4.90 Å². The number of anilines is 1. The van der Waals surface area contributed by atoms with Gasteiger partial charge in [0.25, 0.3) is 5.13 Å². The van der Waals surface area contributed by atoms with Crippen LogP contribution in [0.15, 0.2) is 40.0 Å². The SMILES string of the molecule is CN(CCOS(=O)(=O)[O-])c1ccc(N=Nc2nncs2)cc1. The number of benzene rings is 1. The van der Waals surface area contributed by atoms with Crippen LogP contribution in [0.4, 0.5) is 16.5 Å². The molecule has 0 N–H and O–H groups in total. The highest BCUT2D eigenvalue weighted by molar-refractivity contribution is 7.80. The summed E-state index contributed by atoms with van der Waals surface area (Å²) >= 11 is 1.28. The summed E-state index contributed by atoms with van der Waals surface area (Å²) in [6, 6.07) is 7.09. The van der Waals surface area contributed by atoms with Gasteiger partial charge in [-0.15, -0.1) is 20.4 Å². The van der Waals surface area contributed by atoms with Crippen LogP contribution in [-0.4, -0.2) is 43.4 Å². The number of rotatable bonds is 7. The molecule has 2 rings (SSSR count). The second-order valence-electron chi connectivity index (χ2n) is 4.09. The van der Waals surface area contributed by atoms with Gasteiger partial charge in [-0.3, -0.25) is 4.18 Å². The predicted molar refractivity (Wildman–Crippen MR) is 79.4 cm³/mol. The van der Waals surface area contributed by atoms with Gasteiger partial charge in [-0.25, -0.2) is 8.42 Å². The van der Waals surface area contributed by atoms with Crippen molar-refractivity contribution in [1.82, 2.24) is 10.2 Å². The van der Waals surface area contributed by atoms with Crippen molar-refractivity contribution in [3.05, 3.63) is 29.8 Å². The fourth-order valence-corrected chi connectivity index (χ4v) is 2.14. The van der Waals surface area contributed by atoms with Crippen molar-refractivity contribution < 1.29 is 17.2 Å². The van der Waals surface area contributed by atoms with E-state index >= 15 is 0 Å². The second kappa shape index (κ2) is 7.35. The maximum absolute atomic E-state index is 10.3. The normalized spacial score (nSPS) is 11.9. The highest BCUT2D eigenvalue weighted by Crippen LogP contribution is 2.22. The van der Waals surface area contributed by atoms with E-state index in [2.05, 4.69) is 24.6 Å². The molecule has 0 unspecified atom stereocenters. The summed E-state index contributed by atoms with van der Waals surface area (Å²) in [5.41, 5.74) is 3.03. The molecule has 11 heteroatoms. The molecule has 1 aromatic heterocycles. The van der Waals surface area contributed by atoms with E-state index in [0.29, 0.717) is 10.8 Å². The minimum atomic E-state index is -4.65. The van der Waals surface area contributed by atoms with E-state index in [4.69, 9.17) is 0 Å². The van der Waals surface area contributed by atoms with Crippen LogP contribution in [-0.2, 0) is 14.6 Å². The van der Waals surface area contributed by atoms with E-state index in [-0.39, 0.29) is 13.2 Å². The summed E-state index contributed by atoms with van der Waals surface area (Å²) < 4.78 is 35.2. The second-order valence-corrected chi connectivity index (χ2v) is 5.95. The van der Waals surface area contributed by atoms with Gasteiger partial charge >= 0.3 is 0 Å². The van der Waals surface area contributed by atoms with E-state index in [0.717, 1.165) is 5.69 Å². The molecule has 0 atom stereocenters. The van der Waals surface area contributed by atoms with Gasteiger partial charge in [0, 0.05) is 19.3 Å². The molecule has 0 aliphatic rings. The van der Waals surface area contributed by atoms with Crippen molar-refractivity contribution in [3.8, 4) is 0 Å². The van der Waals surface area contributed by atoms with Crippen molar-refractivity contribution in [1.29, 1.82) is 0 Å². The Balaban J connectivity index is 1.90. The van der Waals surface area contributed by atoms with Crippen molar-refractivity contribution in [3.63, 3.8) is 0 Å². The van der Waals surface area contributed by atoms with Crippen LogP contribution in [0.1, 0.15) is 0 Å². The number of likely N-dealkylation sites (N-methyl/N-ethyl adjacent to an activating group) is 1. The standard InChI is InChI=1S/C11H13N5O4S2/c1-16(6-7-20-22(17,18)19)10-4-2-9(3-5-10)13-15-11-14-12-8-21-11/h2-5,8H,6-7H2,1H3,(H,17,18,19)/p-1. The van der Waals surface area contributed by atoms with Gasteiger partial charge in [-0.1, -0.05) is 11.3 Å². The molecule has 0 spiro atoms. The molecule has 0 radical (unpaired) electrons. The van der Waals surface area contributed by atoms with Gasteiger partial charge in [0.1, 0.15) is 5.51 Å². The molecule has 0 saturated heterocycles. The monoisotopic (exact) mass is 342 g/mol. The van der Waals surface area contributed by atoms with Gasteiger partial charge < -0.3 is 9.45 Å². The topological polar surface area (TPSA) is 120 Å². The van der Waals surface area contributed by atoms with E-state index in [1.807, 2.05) is 0 Å². The fourth-order valence-electron chi connectivity index (χ4n) is 1.49. The predicted octanol–water partition coefficient (Wildman–Crippen LogP) is 1.87. The molecular formula is C11H12N5O4S2-. The first-order valence-corrected chi connectivity index (χ1v) is 8.25. The van der Waals surface area contributed by atoms with Crippen molar-refractivity contribution in [2.24, 2.45) is 10.2 Å². The Morgan fingerprint density at radius 2 is 2.05 bits per heavy atom. The van der Waals surface area contributed by atoms with Crippen LogP contribution in [0.25, 0.3) is 0 Å². The number of hydrogen-bond donors (Lipinski definition) is 0. The fraction of sp³-hybridized carbons (Fsp3) is 0.273. The van der Waals surface area contributed by atoms with Crippen LogP contribution >= 0.6 is 11.3 Å². The maximum Gasteiger partial charge on any atom is 0.251 e. The van der Waals surface area contributed by atoms with Gasteiger partial charge in [-0.2, -0.15) is 0 Å². The lowest BCUT2D eigenvalue weighted by atomic mass is 10.2. The van der Waals surface area contributed by atoms with E-state index in [1.54, 1.807) is 41.7 Å². The molecule has 0 saturated carbocycles. The lowest BCUT2D eigenvalue weighted by molar-refractivity contribution is 0.267. The lowest BCUT2D eigenvalue weighted by Crippen LogP contribution is -2.23. The number of aromatic nitrogens is 2. The molecule has 9 nitrogen and oxygen atoms in total. The zero-order valence-corrected chi connectivity index (χ0v) is 13.1. The Bertz CT molecular complexity index is 715. The lowest BCUT2D eigenvalue weighted by Gasteiger charge is -2.19. The first-order valence-electron chi connectivity index (χ1n) is 6.03. The van der Waals surface area contributed by atoms with E-state index in [1.165, 1.54) is 11.3 Å². The summed E-state index contributed by atoms with van der Waals surface area (Å²) in [4.78, 5) is 1.75. The Morgan fingerprint density at radius 1 is 1.32 bits per heavy atom. The Morgan fingerprint density at radius 3 is 2.64 bits per heavy atom. The van der Waals surface area contributed by atoms with Crippen LogP contribution in [0.3, 0.4) is 0 Å². The summed E-state index contributed by atoms with van der Waals surface area (Å²) in [7, 11) is -2.90. The molecule has 1 aromatic carbocycles. The molecule has 0 amide bonds. The minimum absolute atomic E-state index is 0.207. The average Bonchev–Trinajstić information content (AvgIpc) is 2.97. The number of azo groups is 1. The van der Waals surface area contributed by atoms with E-state index < -0.39 is 10.4 Å². The maximum atomic E-state index is 10.3. The molecule has 22 heavy (non-hydrogen) atoms. The average molecular weight is 342 g/mol. The summed E-state index contributed by atoms with van der Waals surface area (Å²) in [5, 5.41) is 15.8. The number of nitrogens with zero attached hydrogens (tertiary/aromatic N) is 5. The Hall–Kier alpha value is -1.95. The smallest absolute Gasteiger partial charge is 0.251 e. The summed E-state index contributed by atoms with van der Waals surface area (Å²) in [5.74, 6) is 0. The summed E-state index contributed by atoms with van der Waals surface area (Å²) in [6.07, 6.45) is 0. The first kappa shape index (κ1) is 16.4. The zero-order valence-electron chi connectivity index (χ0n) is 11.5. The van der Waals surface area contributed by atoms with Gasteiger partial charge in [0.2, 0.25) is 10.4 Å². The third kappa shape index (κ3) is 5.44. The van der Waals surface area contributed by atoms with Gasteiger partial charge in [0.05, 0.1) is 12.3 Å². The van der Waals surface area contributed by atoms with Crippen LogP contribution in [0.2, 0.25) is 0 Å². The third-order valence-electron chi connectivity index (χ3n) is 2.54.